The first-order valence-electron chi connectivity index (χ1n) is 9.78. The number of rotatable bonds is 7. The van der Waals surface area contributed by atoms with Crippen LogP contribution in [0.25, 0.3) is 5.65 Å². The molecule has 0 aromatic carbocycles. The van der Waals surface area contributed by atoms with Crippen molar-refractivity contribution in [1.29, 1.82) is 0 Å². The Bertz CT molecular complexity index is 1100. The number of nitrogens with zero attached hydrogens (tertiary/aromatic N) is 4. The molecule has 1 saturated heterocycles. The number of hydrogen-bond donors (Lipinski definition) is 2. The number of nitrogens with two attached hydrogens (primary N) is 1. The van der Waals surface area contributed by atoms with Crippen LogP contribution in [-0.4, -0.2) is 57.1 Å². The van der Waals surface area contributed by atoms with Gasteiger partial charge in [-0.3, -0.25) is 9.20 Å². The Kier molecular flexibility index (Phi) is 6.10. The van der Waals surface area contributed by atoms with Gasteiger partial charge in [0.1, 0.15) is 17.2 Å². The molecular weight excluding hydrogens is 436 g/mol. The SMILES string of the molecule is [B]N=POC(=O)C1=C(SCCc2nc3ccccn3c2N)[C@H](C)C2C(C(C)O)C(=O)N12. The average molecular weight is 457 g/mol. The molecule has 4 heterocycles. The number of aliphatic hydroxyl groups excluding tert-OH is 1. The fraction of sp³-hybridized carbons (Fsp3) is 0.421. The second-order valence-electron chi connectivity index (χ2n) is 7.51. The Balaban J connectivity index is 1.56. The number of fused-ring (bicyclic) bond motifs is 2. The van der Waals surface area contributed by atoms with Gasteiger partial charge in [-0.2, -0.15) is 0 Å². The Labute approximate surface area is 186 Å². The molecule has 12 heteroatoms. The first-order chi connectivity index (χ1) is 14.9. The van der Waals surface area contributed by atoms with Crippen molar-refractivity contribution >= 4 is 51.7 Å². The number of carbonyl (C=O) groups is 2. The molecule has 0 bridgehead atoms. The van der Waals surface area contributed by atoms with Crippen molar-refractivity contribution in [1.82, 2.24) is 14.3 Å². The number of pyridine rings is 1. The Hall–Kier alpha value is -2.36. The molecule has 2 aromatic rings. The quantitative estimate of drug-likeness (QED) is 0.370. The van der Waals surface area contributed by atoms with Gasteiger partial charge in [-0.05, 0) is 19.1 Å². The summed E-state index contributed by atoms with van der Waals surface area (Å²) < 4.78 is 10.2. The van der Waals surface area contributed by atoms with Crippen LogP contribution in [0.2, 0.25) is 0 Å². The van der Waals surface area contributed by atoms with Gasteiger partial charge in [0.05, 0.1) is 23.8 Å². The van der Waals surface area contributed by atoms with Crippen LogP contribution in [0.15, 0.2) is 39.7 Å². The van der Waals surface area contributed by atoms with Gasteiger partial charge in [-0.15, -0.1) is 11.8 Å². The number of carbonyl (C=O) groups excluding carboxylic acids is 2. The number of thioether (sulfide) groups is 1. The molecule has 4 rings (SSSR count). The molecule has 2 radical (unpaired) electrons. The molecule has 0 aliphatic carbocycles. The molecule has 4 atom stereocenters. The van der Waals surface area contributed by atoms with Crippen molar-refractivity contribution in [2.75, 3.05) is 11.5 Å². The van der Waals surface area contributed by atoms with Crippen LogP contribution in [0.5, 0.6) is 0 Å². The van der Waals surface area contributed by atoms with E-state index in [0.29, 0.717) is 18.0 Å². The van der Waals surface area contributed by atoms with Gasteiger partial charge < -0.3 is 24.9 Å². The smallest absolute Gasteiger partial charge is 0.365 e. The minimum atomic E-state index is -0.798. The molecule has 2 aromatic heterocycles. The van der Waals surface area contributed by atoms with E-state index in [9.17, 15) is 14.7 Å². The highest BCUT2D eigenvalue weighted by Crippen LogP contribution is 2.51. The number of anilines is 1. The van der Waals surface area contributed by atoms with Crippen molar-refractivity contribution in [2.24, 2.45) is 16.5 Å². The van der Waals surface area contributed by atoms with Gasteiger partial charge in [-0.1, -0.05) is 13.0 Å². The van der Waals surface area contributed by atoms with Crippen molar-refractivity contribution < 1.29 is 19.2 Å². The predicted octanol–water partition coefficient (Wildman–Crippen LogP) is 1.93. The van der Waals surface area contributed by atoms with Crippen molar-refractivity contribution in [2.45, 2.75) is 32.4 Å². The highest BCUT2D eigenvalue weighted by molar-refractivity contribution is 8.03. The summed E-state index contributed by atoms with van der Waals surface area (Å²) in [6.45, 7) is 3.54. The lowest BCUT2D eigenvalue weighted by Gasteiger charge is -2.46. The highest BCUT2D eigenvalue weighted by atomic mass is 32.2. The Morgan fingerprint density at radius 2 is 2.29 bits per heavy atom. The van der Waals surface area contributed by atoms with E-state index in [4.69, 9.17) is 18.2 Å². The van der Waals surface area contributed by atoms with Crippen molar-refractivity contribution in [3.63, 3.8) is 0 Å². The number of β-lactam (4-membered cyclic amide) rings is 1. The van der Waals surface area contributed by atoms with E-state index in [0.717, 1.165) is 16.2 Å². The van der Waals surface area contributed by atoms with Crippen molar-refractivity contribution in [3.05, 3.63) is 40.7 Å². The monoisotopic (exact) mass is 457 g/mol. The van der Waals surface area contributed by atoms with E-state index >= 15 is 0 Å². The lowest BCUT2D eigenvalue weighted by Crippen LogP contribution is -2.63. The number of aliphatic hydroxyl groups is 1. The van der Waals surface area contributed by atoms with Gasteiger partial charge >= 0.3 is 5.97 Å². The van der Waals surface area contributed by atoms with Crippen LogP contribution in [0.4, 0.5) is 5.82 Å². The number of amides is 1. The second-order valence-corrected chi connectivity index (χ2v) is 9.23. The lowest BCUT2D eigenvalue weighted by atomic mass is 9.79. The molecule has 1 fully saturated rings. The molecule has 1 amide bonds. The van der Waals surface area contributed by atoms with Crippen LogP contribution in [0.3, 0.4) is 0 Å². The molecule has 2 aliphatic rings. The zero-order valence-corrected chi connectivity index (χ0v) is 18.7. The summed E-state index contributed by atoms with van der Waals surface area (Å²) in [5, 5.41) is 10.0. The predicted molar refractivity (Wildman–Crippen MR) is 119 cm³/mol. The van der Waals surface area contributed by atoms with Crippen molar-refractivity contribution in [3.8, 4) is 0 Å². The minimum Gasteiger partial charge on any atom is -0.393 e. The van der Waals surface area contributed by atoms with E-state index in [-0.39, 0.29) is 32.2 Å². The second kappa shape index (κ2) is 8.65. The van der Waals surface area contributed by atoms with Gasteiger partial charge in [-0.25, -0.2) is 9.78 Å². The highest BCUT2D eigenvalue weighted by Gasteiger charge is 2.60. The first-order valence-corrected chi connectivity index (χ1v) is 11.5. The van der Waals surface area contributed by atoms with E-state index in [1.807, 2.05) is 35.7 Å². The molecule has 3 unspecified atom stereocenters. The van der Waals surface area contributed by atoms with E-state index in [2.05, 4.69) is 9.64 Å². The Morgan fingerprint density at radius 3 is 2.97 bits per heavy atom. The molecular formula is C19H21BN5O4PS. The van der Waals surface area contributed by atoms with Gasteiger partial charge in [0.25, 0.3) is 7.98 Å². The van der Waals surface area contributed by atoms with Crippen LogP contribution in [-0.2, 0) is 20.5 Å². The summed E-state index contributed by atoms with van der Waals surface area (Å²) in [6, 6.07) is 5.40. The van der Waals surface area contributed by atoms with E-state index in [1.54, 1.807) is 6.92 Å². The summed E-state index contributed by atoms with van der Waals surface area (Å²) in [4.78, 5) is 32.1. The number of aryl methyl sites for hydroxylation is 1. The minimum absolute atomic E-state index is 0.0417. The third-order valence-electron chi connectivity index (χ3n) is 5.71. The summed E-state index contributed by atoms with van der Waals surface area (Å²) in [5.74, 6) is -0.396. The molecule has 2 aliphatic heterocycles. The van der Waals surface area contributed by atoms with Gasteiger partial charge in [0.15, 0.2) is 0 Å². The molecule has 0 saturated carbocycles. The van der Waals surface area contributed by atoms with E-state index in [1.165, 1.54) is 16.7 Å². The molecule has 31 heavy (non-hydrogen) atoms. The number of imidazole rings is 1. The van der Waals surface area contributed by atoms with Gasteiger partial charge in [0, 0.05) is 29.2 Å². The maximum Gasteiger partial charge on any atom is 0.365 e. The van der Waals surface area contributed by atoms with Crippen LogP contribution >= 0.6 is 20.4 Å². The zero-order chi connectivity index (χ0) is 22.3. The lowest BCUT2D eigenvalue weighted by molar-refractivity contribution is -0.162. The van der Waals surface area contributed by atoms with Crippen LogP contribution in [0, 0.1) is 11.8 Å². The summed E-state index contributed by atoms with van der Waals surface area (Å²) in [6.07, 6.45) is 1.65. The third-order valence-corrected chi connectivity index (χ3v) is 7.34. The maximum absolute atomic E-state index is 12.7. The van der Waals surface area contributed by atoms with Gasteiger partial charge in [0.2, 0.25) is 14.5 Å². The Morgan fingerprint density at radius 1 is 1.52 bits per heavy atom. The summed E-state index contributed by atoms with van der Waals surface area (Å²) >= 11 is 1.47. The fourth-order valence-electron chi connectivity index (χ4n) is 4.31. The zero-order valence-electron chi connectivity index (χ0n) is 17.0. The largest absolute Gasteiger partial charge is 0.393 e. The summed E-state index contributed by atoms with van der Waals surface area (Å²) in [7, 11) is 5.03. The van der Waals surface area contributed by atoms with Crippen LogP contribution in [0.1, 0.15) is 19.5 Å². The topological polar surface area (TPSA) is 123 Å². The first kappa shape index (κ1) is 21.9. The standard InChI is InChI=1S/C19H21BN5O4PS/c1-9-14-13(10(2)26)18(27)25(14)15(19(28)29-30-23-20)16(9)31-8-6-11-17(21)24-7-4-3-5-12(24)22-11/h3-5,7,9-10,13-14,26H,6,8,21H2,1-2H3/t9-,10?,13?,14?/m1/s1. The third kappa shape index (κ3) is 3.64. The normalized spacial score (nSPS) is 24.0. The average Bonchev–Trinajstić information content (AvgIpc) is 3.18. The van der Waals surface area contributed by atoms with Crippen LogP contribution < -0.4 is 5.73 Å². The molecule has 3 N–H and O–H groups in total. The number of hydrogen-bond acceptors (Lipinski definition) is 8. The number of nitrogen functional groups attached to an aromatic ring is 1. The maximum atomic E-state index is 12.7. The van der Waals surface area contributed by atoms with E-state index < -0.39 is 18.0 Å². The molecule has 0 spiro atoms. The number of aromatic nitrogens is 2. The fourth-order valence-corrected chi connectivity index (χ4v) is 5.76. The molecule has 160 valence electrons. The molecule has 9 nitrogen and oxygen atoms in total. The summed E-state index contributed by atoms with van der Waals surface area (Å²) in [5.41, 5.74) is 7.98.